The van der Waals surface area contributed by atoms with E-state index in [0.29, 0.717) is 10.4 Å². The predicted molar refractivity (Wildman–Crippen MR) is 55.5 cm³/mol. The van der Waals surface area contributed by atoms with Crippen LogP contribution in [0.5, 0.6) is 0 Å². The molecule has 0 amide bonds. The SMILES string of the molecule is Cc1cc(S(=O)O)c2ncccc2c1. The van der Waals surface area contributed by atoms with Crippen molar-refractivity contribution >= 4 is 22.0 Å². The predicted octanol–water partition coefficient (Wildman–Crippen LogP) is 2.12. The Balaban J connectivity index is 2.87. The van der Waals surface area contributed by atoms with Crippen molar-refractivity contribution in [3.05, 3.63) is 36.0 Å². The molecular weight excluding hydrogens is 198 g/mol. The van der Waals surface area contributed by atoms with Gasteiger partial charge < -0.3 is 4.55 Å². The number of aryl methyl sites for hydroxylation is 1. The summed E-state index contributed by atoms with van der Waals surface area (Å²) in [7, 11) is 0. The van der Waals surface area contributed by atoms with E-state index in [1.54, 1.807) is 12.3 Å². The highest BCUT2D eigenvalue weighted by molar-refractivity contribution is 7.79. The van der Waals surface area contributed by atoms with Gasteiger partial charge in [0.05, 0.1) is 10.4 Å². The van der Waals surface area contributed by atoms with Crippen LogP contribution in [0.3, 0.4) is 0 Å². The molecule has 2 rings (SSSR count). The first-order valence-corrected chi connectivity index (χ1v) is 5.25. The molecule has 0 saturated heterocycles. The van der Waals surface area contributed by atoms with E-state index in [1.165, 1.54) is 0 Å². The monoisotopic (exact) mass is 207 g/mol. The molecule has 2 aromatic rings. The maximum atomic E-state index is 11.0. The summed E-state index contributed by atoms with van der Waals surface area (Å²) in [4.78, 5) is 4.47. The van der Waals surface area contributed by atoms with Crippen molar-refractivity contribution in [2.45, 2.75) is 11.8 Å². The van der Waals surface area contributed by atoms with Gasteiger partial charge in [0, 0.05) is 11.6 Å². The van der Waals surface area contributed by atoms with Crippen LogP contribution >= 0.6 is 0 Å². The summed E-state index contributed by atoms with van der Waals surface area (Å²) < 4.78 is 20.1. The Labute approximate surface area is 84.1 Å². The highest BCUT2D eigenvalue weighted by Crippen LogP contribution is 2.20. The number of pyridine rings is 1. The summed E-state index contributed by atoms with van der Waals surface area (Å²) in [6, 6.07) is 7.32. The topological polar surface area (TPSA) is 50.2 Å². The van der Waals surface area contributed by atoms with Gasteiger partial charge in [0.2, 0.25) is 0 Å². The van der Waals surface area contributed by atoms with Gasteiger partial charge in [-0.1, -0.05) is 6.07 Å². The molecule has 0 spiro atoms. The molecule has 1 aromatic heterocycles. The number of benzene rings is 1. The molecule has 0 aliphatic heterocycles. The molecular formula is C10H9NO2S. The van der Waals surface area contributed by atoms with Gasteiger partial charge in [-0.25, -0.2) is 4.21 Å². The summed E-state index contributed by atoms with van der Waals surface area (Å²) >= 11 is -1.98. The third-order valence-electron chi connectivity index (χ3n) is 2.00. The molecule has 0 saturated carbocycles. The van der Waals surface area contributed by atoms with Crippen molar-refractivity contribution in [2.24, 2.45) is 0 Å². The smallest absolute Gasteiger partial charge is 0.188 e. The van der Waals surface area contributed by atoms with Crippen LogP contribution in [0, 0.1) is 6.92 Å². The Morgan fingerprint density at radius 3 is 2.93 bits per heavy atom. The third-order valence-corrected chi connectivity index (χ3v) is 2.69. The quantitative estimate of drug-likeness (QED) is 0.729. The van der Waals surface area contributed by atoms with E-state index < -0.39 is 11.1 Å². The van der Waals surface area contributed by atoms with E-state index in [-0.39, 0.29) is 0 Å². The average molecular weight is 207 g/mol. The lowest BCUT2D eigenvalue weighted by molar-refractivity contribution is 0.565. The molecule has 0 aliphatic carbocycles. The van der Waals surface area contributed by atoms with Gasteiger partial charge in [0.25, 0.3) is 0 Å². The number of fused-ring (bicyclic) bond motifs is 1. The standard InChI is InChI=1S/C10H9NO2S/c1-7-5-8-3-2-4-11-10(8)9(6-7)14(12)13/h2-6H,1H3,(H,12,13). The zero-order chi connectivity index (χ0) is 10.1. The molecule has 0 aliphatic rings. The van der Waals surface area contributed by atoms with Crippen LogP contribution in [0.1, 0.15) is 5.56 Å². The summed E-state index contributed by atoms with van der Waals surface area (Å²) in [5, 5.41) is 0.893. The molecule has 1 N–H and O–H groups in total. The van der Waals surface area contributed by atoms with E-state index in [9.17, 15) is 4.21 Å². The Morgan fingerprint density at radius 1 is 1.43 bits per heavy atom. The zero-order valence-corrected chi connectivity index (χ0v) is 8.41. The molecule has 14 heavy (non-hydrogen) atoms. The van der Waals surface area contributed by atoms with Gasteiger partial charge in [-0.3, -0.25) is 4.98 Å². The van der Waals surface area contributed by atoms with Crippen LogP contribution < -0.4 is 0 Å². The summed E-state index contributed by atoms with van der Waals surface area (Å²) in [5.74, 6) is 0. The molecule has 4 heteroatoms. The highest BCUT2D eigenvalue weighted by atomic mass is 32.2. The molecule has 1 heterocycles. The fraction of sp³-hybridized carbons (Fsp3) is 0.100. The van der Waals surface area contributed by atoms with E-state index in [2.05, 4.69) is 4.98 Å². The van der Waals surface area contributed by atoms with Crippen molar-refractivity contribution < 1.29 is 8.76 Å². The minimum absolute atomic E-state index is 0.376. The van der Waals surface area contributed by atoms with Crippen LogP contribution in [-0.2, 0) is 11.1 Å². The maximum absolute atomic E-state index is 11.0. The Kier molecular flexibility index (Phi) is 2.31. The van der Waals surface area contributed by atoms with Gasteiger partial charge in [0.15, 0.2) is 11.1 Å². The average Bonchev–Trinajstić information content (AvgIpc) is 2.16. The Hall–Kier alpha value is -1.26. The lowest BCUT2D eigenvalue weighted by Gasteiger charge is -2.03. The minimum Gasteiger partial charge on any atom is -0.302 e. The summed E-state index contributed by atoms with van der Waals surface area (Å²) in [6.07, 6.45) is 1.62. The van der Waals surface area contributed by atoms with Crippen LogP contribution in [0.15, 0.2) is 35.4 Å². The number of hydrogen-bond donors (Lipinski definition) is 1. The van der Waals surface area contributed by atoms with Gasteiger partial charge in [-0.15, -0.1) is 0 Å². The van der Waals surface area contributed by atoms with E-state index in [4.69, 9.17) is 4.55 Å². The number of aromatic nitrogens is 1. The maximum Gasteiger partial charge on any atom is 0.188 e. The highest BCUT2D eigenvalue weighted by Gasteiger charge is 2.07. The molecule has 1 atom stereocenters. The number of hydrogen-bond acceptors (Lipinski definition) is 2. The molecule has 0 fully saturated rings. The normalized spacial score (nSPS) is 13.0. The Morgan fingerprint density at radius 2 is 2.21 bits per heavy atom. The summed E-state index contributed by atoms with van der Waals surface area (Å²) in [5.41, 5.74) is 1.56. The van der Waals surface area contributed by atoms with Crippen LogP contribution in [0.4, 0.5) is 0 Å². The largest absolute Gasteiger partial charge is 0.302 e. The molecule has 0 bridgehead atoms. The molecule has 3 nitrogen and oxygen atoms in total. The first-order valence-electron chi connectivity index (χ1n) is 4.15. The number of nitrogens with zero attached hydrogens (tertiary/aromatic N) is 1. The zero-order valence-electron chi connectivity index (χ0n) is 7.60. The minimum atomic E-state index is -1.98. The van der Waals surface area contributed by atoms with Crippen molar-refractivity contribution in [1.29, 1.82) is 0 Å². The lowest BCUT2D eigenvalue weighted by Crippen LogP contribution is -1.93. The van der Waals surface area contributed by atoms with Gasteiger partial charge in [0.1, 0.15) is 0 Å². The van der Waals surface area contributed by atoms with Gasteiger partial charge in [-0.05, 0) is 30.7 Å². The molecule has 1 unspecified atom stereocenters. The van der Waals surface area contributed by atoms with Crippen molar-refractivity contribution in [2.75, 3.05) is 0 Å². The van der Waals surface area contributed by atoms with Crippen LogP contribution in [0.2, 0.25) is 0 Å². The second kappa shape index (κ2) is 3.48. The summed E-state index contributed by atoms with van der Waals surface area (Å²) in [6.45, 7) is 1.89. The van der Waals surface area contributed by atoms with Gasteiger partial charge in [-0.2, -0.15) is 0 Å². The van der Waals surface area contributed by atoms with Crippen molar-refractivity contribution in [1.82, 2.24) is 4.98 Å². The van der Waals surface area contributed by atoms with E-state index in [0.717, 1.165) is 10.9 Å². The second-order valence-corrected chi connectivity index (χ2v) is 4.03. The third kappa shape index (κ3) is 1.54. The molecule has 0 radical (unpaired) electrons. The second-order valence-electron chi connectivity index (χ2n) is 3.09. The van der Waals surface area contributed by atoms with Crippen molar-refractivity contribution in [3.63, 3.8) is 0 Å². The molecule has 72 valence electrons. The lowest BCUT2D eigenvalue weighted by atomic mass is 10.1. The number of rotatable bonds is 1. The van der Waals surface area contributed by atoms with Gasteiger partial charge >= 0.3 is 0 Å². The van der Waals surface area contributed by atoms with Crippen LogP contribution in [0.25, 0.3) is 10.9 Å². The molecule has 1 aromatic carbocycles. The van der Waals surface area contributed by atoms with Crippen LogP contribution in [-0.4, -0.2) is 13.7 Å². The Bertz CT molecular complexity index is 510. The van der Waals surface area contributed by atoms with E-state index >= 15 is 0 Å². The van der Waals surface area contributed by atoms with Crippen molar-refractivity contribution in [3.8, 4) is 0 Å². The fourth-order valence-corrected chi connectivity index (χ4v) is 2.06. The fourth-order valence-electron chi connectivity index (χ4n) is 1.44. The first kappa shape index (κ1) is 9.30. The first-order chi connectivity index (χ1) is 6.68. The van der Waals surface area contributed by atoms with E-state index in [1.807, 2.05) is 25.1 Å².